The molecule has 1 saturated carbocycles. The molecule has 4 heteroatoms. The van der Waals surface area contributed by atoms with Crippen LogP contribution in [0.5, 0.6) is 0 Å². The highest BCUT2D eigenvalue weighted by molar-refractivity contribution is 5.89. The first-order chi connectivity index (χ1) is 10.1. The van der Waals surface area contributed by atoms with Crippen molar-refractivity contribution in [3.8, 4) is 0 Å². The van der Waals surface area contributed by atoms with Crippen LogP contribution in [0.1, 0.15) is 37.7 Å². The number of hydrogen-bond acceptors (Lipinski definition) is 1. The average Bonchev–Trinajstić information content (AvgIpc) is 2.50. The standard InChI is InChI=1S/C17H23FN2O/c1-12-6-7-15(18)16(10-12)19-17(21)20-9-8-13-4-2-3-5-14(13)11-20/h6-7,10,13-14H,2-5,8-9,11H2,1H3,(H,19,21)/t13-,14+/m0/s1. The lowest BCUT2D eigenvalue weighted by molar-refractivity contribution is 0.108. The van der Waals surface area contributed by atoms with Crippen molar-refractivity contribution in [2.45, 2.75) is 39.0 Å². The number of piperidine rings is 1. The first kappa shape index (κ1) is 14.4. The second-order valence-corrected chi connectivity index (χ2v) is 6.45. The fourth-order valence-corrected chi connectivity index (χ4v) is 3.71. The average molecular weight is 290 g/mol. The predicted octanol–water partition coefficient (Wildman–Crippen LogP) is 4.18. The lowest BCUT2D eigenvalue weighted by atomic mass is 9.75. The first-order valence-electron chi connectivity index (χ1n) is 7.95. The molecule has 3 nitrogen and oxygen atoms in total. The maximum absolute atomic E-state index is 13.7. The summed E-state index contributed by atoms with van der Waals surface area (Å²) in [6, 6.07) is 4.63. The van der Waals surface area contributed by atoms with Gasteiger partial charge in [0.1, 0.15) is 5.82 Å². The van der Waals surface area contributed by atoms with E-state index in [9.17, 15) is 9.18 Å². The van der Waals surface area contributed by atoms with Crippen LogP contribution in [-0.4, -0.2) is 24.0 Å². The summed E-state index contributed by atoms with van der Waals surface area (Å²) in [7, 11) is 0. The number of anilines is 1. The smallest absolute Gasteiger partial charge is 0.321 e. The number of nitrogens with one attached hydrogen (secondary N) is 1. The molecule has 2 atom stereocenters. The van der Waals surface area contributed by atoms with Gasteiger partial charge in [-0.1, -0.05) is 25.3 Å². The summed E-state index contributed by atoms with van der Waals surface area (Å²) in [5, 5.41) is 2.73. The Morgan fingerprint density at radius 3 is 2.81 bits per heavy atom. The Morgan fingerprint density at radius 2 is 2.00 bits per heavy atom. The molecule has 3 rings (SSSR count). The number of likely N-dealkylation sites (tertiary alicyclic amines) is 1. The molecule has 0 unspecified atom stereocenters. The van der Waals surface area contributed by atoms with Crippen molar-refractivity contribution in [2.75, 3.05) is 18.4 Å². The number of hydrogen-bond donors (Lipinski definition) is 1. The quantitative estimate of drug-likeness (QED) is 0.827. The van der Waals surface area contributed by atoms with Crippen molar-refractivity contribution in [1.29, 1.82) is 0 Å². The molecule has 21 heavy (non-hydrogen) atoms. The second-order valence-electron chi connectivity index (χ2n) is 6.45. The molecule has 0 bridgehead atoms. The van der Waals surface area contributed by atoms with Gasteiger partial charge in [-0.3, -0.25) is 0 Å². The van der Waals surface area contributed by atoms with Crippen molar-refractivity contribution < 1.29 is 9.18 Å². The van der Waals surface area contributed by atoms with E-state index in [2.05, 4.69) is 5.32 Å². The third-order valence-corrected chi connectivity index (χ3v) is 4.94. The number of fused-ring (bicyclic) bond motifs is 1. The molecule has 1 aliphatic carbocycles. The molecule has 2 amide bonds. The van der Waals surface area contributed by atoms with E-state index < -0.39 is 0 Å². The fourth-order valence-electron chi connectivity index (χ4n) is 3.71. The zero-order chi connectivity index (χ0) is 14.8. The Labute approximate surface area is 125 Å². The monoisotopic (exact) mass is 290 g/mol. The normalized spacial score (nSPS) is 25.3. The highest BCUT2D eigenvalue weighted by Crippen LogP contribution is 2.36. The van der Waals surface area contributed by atoms with Crippen molar-refractivity contribution in [2.24, 2.45) is 11.8 Å². The minimum atomic E-state index is -0.374. The molecule has 1 aromatic rings. The van der Waals surface area contributed by atoms with Gasteiger partial charge < -0.3 is 10.2 Å². The van der Waals surface area contributed by atoms with Gasteiger partial charge in [0.05, 0.1) is 5.69 Å². The van der Waals surface area contributed by atoms with Gasteiger partial charge in [0.15, 0.2) is 0 Å². The zero-order valence-electron chi connectivity index (χ0n) is 12.6. The predicted molar refractivity (Wildman–Crippen MR) is 81.8 cm³/mol. The van der Waals surface area contributed by atoms with Gasteiger partial charge in [-0.15, -0.1) is 0 Å². The Kier molecular flexibility index (Phi) is 4.13. The van der Waals surface area contributed by atoms with E-state index in [0.717, 1.165) is 31.0 Å². The van der Waals surface area contributed by atoms with E-state index in [1.54, 1.807) is 12.1 Å². The second kappa shape index (κ2) is 6.04. The minimum absolute atomic E-state index is 0.163. The Balaban J connectivity index is 1.64. The van der Waals surface area contributed by atoms with Crippen LogP contribution in [-0.2, 0) is 0 Å². The third-order valence-electron chi connectivity index (χ3n) is 4.94. The third kappa shape index (κ3) is 3.20. The Bertz CT molecular complexity index is 532. The van der Waals surface area contributed by atoms with Gasteiger partial charge in [-0.05, 0) is 49.3 Å². The van der Waals surface area contributed by atoms with Crippen LogP contribution < -0.4 is 5.32 Å². The highest BCUT2D eigenvalue weighted by atomic mass is 19.1. The molecule has 2 aliphatic rings. The Hall–Kier alpha value is -1.58. The molecule has 1 heterocycles. The maximum atomic E-state index is 13.7. The SMILES string of the molecule is Cc1ccc(F)c(NC(=O)N2CC[C@@H]3CCCC[C@@H]3C2)c1. The van der Waals surface area contributed by atoms with Crippen LogP contribution in [0.15, 0.2) is 18.2 Å². The van der Waals surface area contributed by atoms with Gasteiger partial charge in [-0.2, -0.15) is 0 Å². The molecular weight excluding hydrogens is 267 g/mol. The summed E-state index contributed by atoms with van der Waals surface area (Å²) in [4.78, 5) is 14.2. The number of amides is 2. The van der Waals surface area contributed by atoms with Crippen molar-refractivity contribution in [3.63, 3.8) is 0 Å². The molecule has 1 saturated heterocycles. The number of urea groups is 1. The number of nitrogens with zero attached hydrogens (tertiary/aromatic N) is 1. The molecule has 0 aromatic heterocycles. The number of benzene rings is 1. The summed E-state index contributed by atoms with van der Waals surface area (Å²) in [5.74, 6) is 1.06. The van der Waals surface area contributed by atoms with Gasteiger partial charge >= 0.3 is 6.03 Å². The summed E-state index contributed by atoms with van der Waals surface area (Å²) in [5.41, 5.74) is 1.23. The summed E-state index contributed by atoms with van der Waals surface area (Å²) >= 11 is 0. The van der Waals surface area contributed by atoms with E-state index in [0.29, 0.717) is 5.92 Å². The summed E-state index contributed by atoms with van der Waals surface area (Å²) in [6.45, 7) is 3.51. The van der Waals surface area contributed by atoms with Crippen LogP contribution in [0, 0.1) is 24.6 Å². The van der Waals surface area contributed by atoms with E-state index in [1.165, 1.54) is 31.7 Å². The topological polar surface area (TPSA) is 32.3 Å². The van der Waals surface area contributed by atoms with Crippen LogP contribution in [0.4, 0.5) is 14.9 Å². The minimum Gasteiger partial charge on any atom is -0.324 e. The summed E-state index contributed by atoms with van der Waals surface area (Å²) in [6.07, 6.45) is 6.25. The summed E-state index contributed by atoms with van der Waals surface area (Å²) < 4.78 is 13.7. The van der Waals surface area contributed by atoms with Crippen molar-refractivity contribution in [3.05, 3.63) is 29.6 Å². The van der Waals surface area contributed by atoms with Crippen molar-refractivity contribution in [1.82, 2.24) is 4.90 Å². The lowest BCUT2D eigenvalue weighted by Gasteiger charge is -2.41. The molecule has 2 fully saturated rings. The van der Waals surface area contributed by atoms with E-state index in [1.807, 2.05) is 11.8 Å². The first-order valence-corrected chi connectivity index (χ1v) is 7.95. The number of carbonyl (C=O) groups is 1. The van der Waals surface area contributed by atoms with Crippen LogP contribution in [0.3, 0.4) is 0 Å². The molecule has 1 aliphatic heterocycles. The molecule has 1 aromatic carbocycles. The van der Waals surface area contributed by atoms with E-state index in [-0.39, 0.29) is 17.5 Å². The van der Waals surface area contributed by atoms with Gasteiger partial charge in [-0.25, -0.2) is 9.18 Å². The largest absolute Gasteiger partial charge is 0.324 e. The van der Waals surface area contributed by atoms with Crippen LogP contribution in [0.25, 0.3) is 0 Å². The van der Waals surface area contributed by atoms with E-state index >= 15 is 0 Å². The molecule has 114 valence electrons. The number of carbonyl (C=O) groups excluding carboxylic acids is 1. The maximum Gasteiger partial charge on any atom is 0.321 e. The van der Waals surface area contributed by atoms with Gasteiger partial charge in [0.25, 0.3) is 0 Å². The molecule has 0 spiro atoms. The fraction of sp³-hybridized carbons (Fsp3) is 0.588. The lowest BCUT2D eigenvalue weighted by Crippen LogP contribution is -2.46. The molecule has 1 N–H and O–H groups in total. The molecule has 0 radical (unpaired) electrons. The van der Waals surface area contributed by atoms with Crippen LogP contribution in [0.2, 0.25) is 0 Å². The number of rotatable bonds is 1. The van der Waals surface area contributed by atoms with Crippen LogP contribution >= 0.6 is 0 Å². The zero-order valence-corrected chi connectivity index (χ0v) is 12.6. The Morgan fingerprint density at radius 1 is 1.24 bits per heavy atom. The van der Waals surface area contributed by atoms with E-state index in [4.69, 9.17) is 0 Å². The van der Waals surface area contributed by atoms with Gasteiger partial charge in [0, 0.05) is 13.1 Å². The highest BCUT2D eigenvalue weighted by Gasteiger charge is 2.33. The van der Waals surface area contributed by atoms with Gasteiger partial charge in [0.2, 0.25) is 0 Å². The number of aryl methyl sites for hydroxylation is 1. The van der Waals surface area contributed by atoms with Crippen molar-refractivity contribution >= 4 is 11.7 Å². The number of halogens is 1. The molecular formula is C17H23FN2O.